The molecule has 9 heteroatoms. The summed E-state index contributed by atoms with van der Waals surface area (Å²) in [7, 11) is -2.55. The Morgan fingerprint density at radius 1 is 1.00 bits per heavy atom. The zero-order valence-corrected chi connectivity index (χ0v) is 19.1. The van der Waals surface area contributed by atoms with Crippen LogP contribution in [0.25, 0.3) is 0 Å². The van der Waals surface area contributed by atoms with Crippen molar-refractivity contribution in [3.05, 3.63) is 54.1 Å². The van der Waals surface area contributed by atoms with Gasteiger partial charge in [0, 0.05) is 6.04 Å². The molecule has 172 valence electrons. The minimum Gasteiger partial charge on any atom is -0.497 e. The fraction of sp³-hybridized carbons (Fsp3) is 0.375. The van der Waals surface area contributed by atoms with E-state index in [2.05, 4.69) is 0 Å². The highest BCUT2D eigenvalue weighted by Crippen LogP contribution is 2.35. The number of ether oxygens (including phenoxy) is 1. The molecule has 0 N–H and O–H groups in total. The summed E-state index contributed by atoms with van der Waals surface area (Å²) in [6.45, 7) is 0. The molecule has 1 saturated carbocycles. The maximum atomic E-state index is 13.8. The number of hydrogen-bond acceptors (Lipinski definition) is 6. The summed E-state index contributed by atoms with van der Waals surface area (Å²) in [6.07, 6.45) is 3.82. The van der Waals surface area contributed by atoms with Gasteiger partial charge in [-0.25, -0.2) is 13.3 Å². The van der Waals surface area contributed by atoms with E-state index in [1.807, 2.05) is 6.07 Å². The van der Waals surface area contributed by atoms with E-state index in [0.29, 0.717) is 29.8 Å². The molecule has 2 aromatic carbocycles. The van der Waals surface area contributed by atoms with Crippen LogP contribution in [0.2, 0.25) is 0 Å². The average Bonchev–Trinajstić information content (AvgIpc) is 3.13. The van der Waals surface area contributed by atoms with Gasteiger partial charge < -0.3 is 4.74 Å². The third-order valence-electron chi connectivity index (χ3n) is 6.25. The third-order valence-corrected chi connectivity index (χ3v) is 8.23. The van der Waals surface area contributed by atoms with E-state index in [9.17, 15) is 18.0 Å². The Morgan fingerprint density at radius 2 is 1.64 bits per heavy atom. The van der Waals surface area contributed by atoms with Gasteiger partial charge in [0.15, 0.2) is 0 Å². The van der Waals surface area contributed by atoms with Gasteiger partial charge in [-0.1, -0.05) is 19.3 Å². The van der Waals surface area contributed by atoms with Crippen molar-refractivity contribution in [1.82, 2.24) is 4.31 Å². The molecule has 0 bridgehead atoms. The summed E-state index contributed by atoms with van der Waals surface area (Å²) in [4.78, 5) is 27.4. The Bertz CT molecular complexity index is 1180. The molecule has 4 rings (SSSR count). The zero-order valence-electron chi connectivity index (χ0n) is 18.3. The lowest BCUT2D eigenvalue weighted by molar-refractivity contribution is -0.122. The normalized spacial score (nSPS) is 19.7. The zero-order chi connectivity index (χ0) is 23.6. The Labute approximate surface area is 193 Å². The Kier molecular flexibility index (Phi) is 6.49. The predicted octanol–water partition coefficient (Wildman–Crippen LogP) is 3.22. The first-order valence-corrected chi connectivity index (χ1v) is 12.4. The minimum absolute atomic E-state index is 0.0611. The van der Waals surface area contributed by atoms with Crippen LogP contribution in [-0.4, -0.2) is 43.7 Å². The van der Waals surface area contributed by atoms with Crippen LogP contribution in [0.3, 0.4) is 0 Å². The van der Waals surface area contributed by atoms with E-state index >= 15 is 0 Å². The summed E-state index contributed by atoms with van der Waals surface area (Å²) >= 11 is 0. The van der Waals surface area contributed by atoms with Crippen molar-refractivity contribution < 1.29 is 22.7 Å². The fourth-order valence-corrected chi connectivity index (χ4v) is 6.42. The maximum Gasteiger partial charge on any atom is 0.252 e. The molecule has 0 aromatic heterocycles. The lowest BCUT2D eigenvalue weighted by Gasteiger charge is -2.36. The van der Waals surface area contributed by atoms with Gasteiger partial charge in [0.2, 0.25) is 15.9 Å². The molecule has 0 spiro atoms. The van der Waals surface area contributed by atoms with Gasteiger partial charge in [-0.05, 0) is 61.4 Å². The number of nitrogens with zero attached hydrogens (tertiary/aromatic N) is 3. The number of benzene rings is 2. The molecule has 2 fully saturated rings. The third kappa shape index (κ3) is 4.36. The van der Waals surface area contributed by atoms with Crippen LogP contribution in [0.15, 0.2) is 53.4 Å². The summed E-state index contributed by atoms with van der Waals surface area (Å²) in [5.74, 6) is -0.495. The van der Waals surface area contributed by atoms with Crippen molar-refractivity contribution in [2.24, 2.45) is 0 Å². The summed E-state index contributed by atoms with van der Waals surface area (Å²) in [6, 6.07) is 12.7. The minimum atomic E-state index is -4.05. The van der Waals surface area contributed by atoms with E-state index in [1.165, 1.54) is 47.8 Å². The van der Waals surface area contributed by atoms with Crippen LogP contribution in [0.5, 0.6) is 5.75 Å². The fourth-order valence-electron chi connectivity index (χ4n) is 4.59. The number of carbonyl (C=O) groups excluding carboxylic acids is 2. The van der Waals surface area contributed by atoms with E-state index in [1.54, 1.807) is 12.1 Å². The number of amides is 2. The summed E-state index contributed by atoms with van der Waals surface area (Å²) in [5.41, 5.74) is 0.734. The van der Waals surface area contributed by atoms with Crippen LogP contribution in [0.4, 0.5) is 5.69 Å². The van der Waals surface area contributed by atoms with Crippen LogP contribution in [0, 0.1) is 11.3 Å². The Morgan fingerprint density at radius 3 is 2.21 bits per heavy atom. The van der Waals surface area contributed by atoms with Crippen LogP contribution >= 0.6 is 0 Å². The molecular formula is C24H25N3O5S. The monoisotopic (exact) mass is 467 g/mol. The average molecular weight is 468 g/mol. The molecule has 1 unspecified atom stereocenters. The van der Waals surface area contributed by atoms with E-state index in [0.717, 1.165) is 24.2 Å². The molecule has 33 heavy (non-hydrogen) atoms. The predicted molar refractivity (Wildman–Crippen MR) is 121 cm³/mol. The molecule has 8 nitrogen and oxygen atoms in total. The molecule has 2 amide bonds. The molecule has 2 aliphatic rings. The number of sulfonamides is 1. The Balaban J connectivity index is 1.72. The molecule has 1 aliphatic heterocycles. The van der Waals surface area contributed by atoms with Gasteiger partial charge in [-0.15, -0.1) is 0 Å². The standard InChI is InChI=1S/C24H25N3O5S/c1-32-20-11-13-21(14-12-20)33(30,31)27(19-5-3-2-4-6-19)22-15-23(28)26(24(22)29)18-9-7-17(16-25)8-10-18/h7-14,19,22H,2-6,15H2,1H3. The lowest BCUT2D eigenvalue weighted by atomic mass is 9.94. The number of hydrogen-bond donors (Lipinski definition) is 0. The van der Waals surface area contributed by atoms with Crippen molar-refractivity contribution in [2.75, 3.05) is 12.0 Å². The summed E-state index contributed by atoms with van der Waals surface area (Å²) < 4.78 is 33.9. The first kappa shape index (κ1) is 23.0. The molecule has 2 aromatic rings. The Hall–Kier alpha value is -3.22. The molecule has 0 radical (unpaired) electrons. The largest absolute Gasteiger partial charge is 0.497 e. The molecule has 1 heterocycles. The van der Waals surface area contributed by atoms with Gasteiger partial charge in [-0.2, -0.15) is 9.57 Å². The number of anilines is 1. The van der Waals surface area contributed by atoms with Gasteiger partial charge in [0.1, 0.15) is 11.8 Å². The summed E-state index contributed by atoms with van der Waals surface area (Å²) in [5, 5.41) is 9.01. The number of imide groups is 1. The van der Waals surface area contributed by atoms with Crippen molar-refractivity contribution in [2.45, 2.75) is 55.5 Å². The van der Waals surface area contributed by atoms with E-state index < -0.39 is 27.9 Å². The van der Waals surface area contributed by atoms with Crippen molar-refractivity contribution in [3.8, 4) is 11.8 Å². The first-order chi connectivity index (χ1) is 15.9. The molecular weight excluding hydrogens is 442 g/mol. The molecule has 1 aliphatic carbocycles. The second-order valence-corrected chi connectivity index (χ2v) is 10.1. The topological polar surface area (TPSA) is 108 Å². The van der Waals surface area contributed by atoms with Gasteiger partial charge in [-0.3, -0.25) is 9.59 Å². The SMILES string of the molecule is COc1ccc(S(=O)(=O)N(C2CCCCC2)C2CC(=O)N(c3ccc(C#N)cc3)C2=O)cc1. The highest BCUT2D eigenvalue weighted by atomic mass is 32.2. The van der Waals surface area contributed by atoms with Crippen LogP contribution in [0.1, 0.15) is 44.1 Å². The second kappa shape index (κ2) is 9.33. The quantitative estimate of drug-likeness (QED) is 0.604. The second-order valence-electron chi connectivity index (χ2n) is 8.25. The van der Waals surface area contributed by atoms with Crippen LogP contribution in [-0.2, 0) is 19.6 Å². The smallest absolute Gasteiger partial charge is 0.252 e. The highest BCUT2D eigenvalue weighted by Gasteiger charge is 2.49. The van der Waals surface area contributed by atoms with E-state index in [4.69, 9.17) is 10.00 Å². The highest BCUT2D eigenvalue weighted by molar-refractivity contribution is 7.89. The van der Waals surface area contributed by atoms with Crippen LogP contribution < -0.4 is 9.64 Å². The van der Waals surface area contributed by atoms with Crippen molar-refractivity contribution in [1.29, 1.82) is 5.26 Å². The van der Waals surface area contributed by atoms with Gasteiger partial charge in [0.25, 0.3) is 5.91 Å². The number of rotatable bonds is 6. The van der Waals surface area contributed by atoms with Gasteiger partial charge in [0.05, 0.1) is 35.7 Å². The number of methoxy groups -OCH3 is 1. The lowest BCUT2D eigenvalue weighted by Crippen LogP contribution is -2.51. The maximum absolute atomic E-state index is 13.8. The molecule has 1 atom stereocenters. The van der Waals surface area contributed by atoms with E-state index in [-0.39, 0.29) is 17.4 Å². The first-order valence-electron chi connectivity index (χ1n) is 10.9. The number of carbonyl (C=O) groups is 2. The number of nitriles is 1. The molecule has 1 saturated heterocycles. The van der Waals surface area contributed by atoms with Crippen molar-refractivity contribution >= 4 is 27.5 Å². The van der Waals surface area contributed by atoms with Crippen molar-refractivity contribution in [3.63, 3.8) is 0 Å². The van der Waals surface area contributed by atoms with Gasteiger partial charge >= 0.3 is 0 Å².